The average molecular weight is 438 g/mol. The van der Waals surface area contributed by atoms with Crippen molar-refractivity contribution in [3.05, 3.63) is 0 Å². The maximum atomic E-state index is 13.7. The summed E-state index contributed by atoms with van der Waals surface area (Å²) < 4.78 is 6.63. The highest BCUT2D eigenvalue weighted by Crippen LogP contribution is 2.64. The van der Waals surface area contributed by atoms with Gasteiger partial charge in [0.15, 0.2) is 0 Å². The summed E-state index contributed by atoms with van der Waals surface area (Å²) >= 11 is 0. The summed E-state index contributed by atoms with van der Waals surface area (Å²) in [6.07, 6.45) is 5.57. The third kappa shape index (κ3) is 3.75. The maximum Gasteiger partial charge on any atom is 0.245 e. The number of aliphatic hydroxyl groups is 1. The number of unbranched alkanes of at least 4 members (excludes halogenated alkanes) is 2. The van der Waals surface area contributed by atoms with E-state index in [4.69, 9.17) is 4.74 Å². The van der Waals surface area contributed by atoms with E-state index in [0.717, 1.165) is 25.7 Å². The number of aliphatic hydroxyl groups excluding tert-OH is 1. The van der Waals surface area contributed by atoms with Crippen molar-refractivity contribution in [1.29, 1.82) is 0 Å². The first-order valence-corrected chi connectivity index (χ1v) is 12.0. The Hall–Kier alpha value is -1.67. The van der Waals surface area contributed by atoms with Gasteiger partial charge in [0.1, 0.15) is 11.6 Å². The Bertz CT molecular complexity index is 701. The van der Waals surface area contributed by atoms with Crippen LogP contribution in [0.4, 0.5) is 0 Å². The Labute approximate surface area is 185 Å². The molecule has 3 rings (SSSR count). The van der Waals surface area contributed by atoms with Gasteiger partial charge in [0.25, 0.3) is 0 Å². The summed E-state index contributed by atoms with van der Waals surface area (Å²) in [5, 5.41) is 15.8. The van der Waals surface area contributed by atoms with Crippen molar-refractivity contribution in [3.63, 3.8) is 0 Å². The van der Waals surface area contributed by atoms with Gasteiger partial charge in [0.05, 0.1) is 30.1 Å². The van der Waals surface area contributed by atoms with Gasteiger partial charge in [0.2, 0.25) is 17.7 Å². The zero-order valence-corrected chi connectivity index (χ0v) is 19.4. The molecule has 0 aromatic rings. The molecule has 0 saturated carbocycles. The van der Waals surface area contributed by atoms with Crippen molar-refractivity contribution < 1.29 is 24.2 Å². The lowest BCUT2D eigenvalue weighted by Crippen LogP contribution is -2.57. The van der Waals surface area contributed by atoms with Gasteiger partial charge in [-0.2, -0.15) is 0 Å². The van der Waals surface area contributed by atoms with E-state index in [0.29, 0.717) is 32.4 Å². The number of likely N-dealkylation sites (tertiary alicyclic amines) is 1. The SMILES string of the molecule is CCCCCNC(=O)C1N([C@H](C)CO)C(=O)[C@@H]2[C@H](C(=O)NCCC)[C@]3(CC)CCC12O3. The highest BCUT2D eigenvalue weighted by molar-refractivity contribution is 5.99. The second-order valence-corrected chi connectivity index (χ2v) is 9.40. The first kappa shape index (κ1) is 24.0. The summed E-state index contributed by atoms with van der Waals surface area (Å²) in [5.74, 6) is -1.96. The lowest BCUT2D eigenvalue weighted by molar-refractivity contribution is -0.150. The third-order valence-electron chi connectivity index (χ3n) is 7.52. The molecule has 0 aromatic carbocycles. The van der Waals surface area contributed by atoms with E-state index < -0.39 is 35.1 Å². The average Bonchev–Trinajstić information content (AvgIpc) is 3.38. The summed E-state index contributed by atoms with van der Waals surface area (Å²) in [4.78, 5) is 41.8. The molecule has 1 spiro atoms. The van der Waals surface area contributed by atoms with Crippen LogP contribution in [0.2, 0.25) is 0 Å². The number of fused-ring (bicyclic) bond motifs is 1. The van der Waals surface area contributed by atoms with Crippen LogP contribution in [-0.4, -0.2) is 70.7 Å². The van der Waals surface area contributed by atoms with E-state index in [9.17, 15) is 19.5 Å². The highest BCUT2D eigenvalue weighted by Gasteiger charge is 2.78. The molecule has 6 atom stereocenters. The molecule has 31 heavy (non-hydrogen) atoms. The molecule has 3 heterocycles. The van der Waals surface area contributed by atoms with Gasteiger partial charge in [-0.25, -0.2) is 0 Å². The van der Waals surface area contributed by atoms with Gasteiger partial charge in [-0.05, 0) is 39.0 Å². The fraction of sp³-hybridized carbons (Fsp3) is 0.870. The minimum absolute atomic E-state index is 0.163. The lowest BCUT2D eigenvalue weighted by Gasteiger charge is -2.36. The zero-order valence-electron chi connectivity index (χ0n) is 19.4. The van der Waals surface area contributed by atoms with Crippen molar-refractivity contribution in [2.75, 3.05) is 19.7 Å². The monoisotopic (exact) mass is 437 g/mol. The Balaban J connectivity index is 1.97. The topological polar surface area (TPSA) is 108 Å². The summed E-state index contributed by atoms with van der Waals surface area (Å²) in [6.45, 7) is 8.64. The van der Waals surface area contributed by atoms with E-state index >= 15 is 0 Å². The van der Waals surface area contributed by atoms with Crippen LogP contribution >= 0.6 is 0 Å². The molecule has 2 bridgehead atoms. The number of rotatable bonds is 11. The fourth-order valence-corrected chi connectivity index (χ4v) is 5.96. The zero-order chi connectivity index (χ0) is 22.8. The van der Waals surface area contributed by atoms with E-state index in [1.54, 1.807) is 6.92 Å². The number of carbonyl (C=O) groups is 3. The molecule has 0 radical (unpaired) electrons. The first-order valence-electron chi connectivity index (χ1n) is 12.0. The number of amides is 3. The van der Waals surface area contributed by atoms with Crippen LogP contribution in [0.5, 0.6) is 0 Å². The van der Waals surface area contributed by atoms with E-state index in [-0.39, 0.29) is 24.3 Å². The van der Waals surface area contributed by atoms with Gasteiger partial charge < -0.3 is 25.4 Å². The first-order chi connectivity index (χ1) is 14.8. The Morgan fingerprint density at radius 1 is 1.13 bits per heavy atom. The predicted molar refractivity (Wildman–Crippen MR) is 116 cm³/mol. The van der Waals surface area contributed by atoms with Gasteiger partial charge in [-0.3, -0.25) is 14.4 Å². The van der Waals surface area contributed by atoms with Crippen LogP contribution in [0, 0.1) is 11.8 Å². The molecule has 0 aliphatic carbocycles. The van der Waals surface area contributed by atoms with Crippen molar-refractivity contribution in [2.24, 2.45) is 11.8 Å². The minimum atomic E-state index is -1.01. The molecule has 3 amide bonds. The predicted octanol–water partition coefficient (Wildman–Crippen LogP) is 1.35. The van der Waals surface area contributed by atoms with Crippen LogP contribution < -0.4 is 10.6 Å². The molecule has 3 aliphatic heterocycles. The summed E-state index contributed by atoms with van der Waals surface area (Å²) in [5.41, 5.74) is -1.73. The van der Waals surface area contributed by atoms with Gasteiger partial charge in [-0.15, -0.1) is 0 Å². The third-order valence-corrected chi connectivity index (χ3v) is 7.52. The van der Waals surface area contributed by atoms with E-state index in [1.807, 2.05) is 13.8 Å². The molecule has 0 aromatic heterocycles. The number of hydrogen-bond donors (Lipinski definition) is 3. The van der Waals surface area contributed by atoms with Crippen molar-refractivity contribution in [3.8, 4) is 0 Å². The second-order valence-electron chi connectivity index (χ2n) is 9.40. The number of ether oxygens (including phenoxy) is 1. The smallest absolute Gasteiger partial charge is 0.245 e. The van der Waals surface area contributed by atoms with Crippen LogP contribution in [0.25, 0.3) is 0 Å². The normalized spacial score (nSPS) is 34.7. The van der Waals surface area contributed by atoms with Crippen molar-refractivity contribution >= 4 is 17.7 Å². The molecule has 3 fully saturated rings. The van der Waals surface area contributed by atoms with Gasteiger partial charge in [-0.1, -0.05) is 33.6 Å². The lowest BCUT2D eigenvalue weighted by atomic mass is 9.65. The molecule has 2 unspecified atom stereocenters. The van der Waals surface area contributed by atoms with Crippen LogP contribution in [0.15, 0.2) is 0 Å². The molecule has 3 N–H and O–H groups in total. The Kier molecular flexibility index (Phi) is 7.31. The number of nitrogens with one attached hydrogen (secondary N) is 2. The molecule has 3 aliphatic rings. The largest absolute Gasteiger partial charge is 0.394 e. The maximum absolute atomic E-state index is 13.7. The van der Waals surface area contributed by atoms with Crippen LogP contribution in [0.1, 0.15) is 72.6 Å². The standard InChI is InChI=1S/C23H39N3O5/c1-5-8-9-13-25-20(29)18-23-11-10-22(7-3,31-23)16(19(28)24-12-6-2)17(23)21(30)26(18)15(4)14-27/h15-18,27H,5-14H2,1-4H3,(H,24,28)(H,25,29)/t15-,16-,17+,18?,22+,23?/m1/s1. The molecular formula is C23H39N3O5. The summed E-state index contributed by atoms with van der Waals surface area (Å²) in [6, 6.07) is -1.36. The number of carbonyl (C=O) groups excluding carboxylic acids is 3. The minimum Gasteiger partial charge on any atom is -0.394 e. The molecule has 8 nitrogen and oxygen atoms in total. The van der Waals surface area contributed by atoms with Gasteiger partial charge in [0, 0.05) is 13.1 Å². The summed E-state index contributed by atoms with van der Waals surface area (Å²) in [7, 11) is 0. The number of nitrogens with zero attached hydrogens (tertiary/aromatic N) is 1. The molecular weight excluding hydrogens is 398 g/mol. The van der Waals surface area contributed by atoms with Gasteiger partial charge >= 0.3 is 0 Å². The quantitative estimate of drug-likeness (QED) is 0.423. The Morgan fingerprint density at radius 2 is 1.84 bits per heavy atom. The fourth-order valence-electron chi connectivity index (χ4n) is 5.96. The molecule has 3 saturated heterocycles. The van der Waals surface area contributed by atoms with E-state index in [2.05, 4.69) is 17.6 Å². The van der Waals surface area contributed by atoms with Crippen LogP contribution in [-0.2, 0) is 19.1 Å². The van der Waals surface area contributed by atoms with E-state index in [1.165, 1.54) is 4.90 Å². The van der Waals surface area contributed by atoms with Crippen molar-refractivity contribution in [1.82, 2.24) is 15.5 Å². The number of hydrogen-bond acceptors (Lipinski definition) is 5. The molecule has 176 valence electrons. The van der Waals surface area contributed by atoms with Crippen LogP contribution in [0.3, 0.4) is 0 Å². The Morgan fingerprint density at radius 3 is 2.45 bits per heavy atom. The molecule has 8 heteroatoms. The van der Waals surface area contributed by atoms with Crippen molar-refractivity contribution in [2.45, 2.75) is 95.9 Å². The highest BCUT2D eigenvalue weighted by atomic mass is 16.5. The second kappa shape index (κ2) is 9.45.